The Hall–Kier alpha value is -3.23. The van der Waals surface area contributed by atoms with Crippen LogP contribution in [0.3, 0.4) is 0 Å². The van der Waals surface area contributed by atoms with Gasteiger partial charge in [0, 0.05) is 11.6 Å². The third-order valence-electron chi connectivity index (χ3n) is 4.17. The Labute approximate surface area is 179 Å². The van der Waals surface area contributed by atoms with E-state index in [0.717, 1.165) is 0 Å². The number of carbonyl (C=O) groups is 1. The number of anilines is 2. The Morgan fingerprint density at radius 2 is 1.67 bits per heavy atom. The van der Waals surface area contributed by atoms with Crippen LogP contribution in [-0.2, 0) is 10.0 Å². The quantitative estimate of drug-likeness (QED) is 0.560. The molecule has 0 fully saturated rings. The van der Waals surface area contributed by atoms with Gasteiger partial charge in [0.05, 0.1) is 30.6 Å². The maximum absolute atomic E-state index is 12.8. The summed E-state index contributed by atoms with van der Waals surface area (Å²) in [7, 11) is -1.17. The monoisotopic (exact) mass is 446 g/mol. The first kappa shape index (κ1) is 21.5. The van der Waals surface area contributed by atoms with Crippen molar-refractivity contribution in [2.45, 2.75) is 4.90 Å². The Bertz CT molecular complexity index is 1170. The summed E-state index contributed by atoms with van der Waals surface area (Å²) in [6, 6.07) is 17.5. The van der Waals surface area contributed by atoms with Gasteiger partial charge in [-0.3, -0.25) is 9.52 Å². The molecule has 156 valence electrons. The predicted octanol–water partition coefficient (Wildman–Crippen LogP) is 4.41. The predicted molar refractivity (Wildman–Crippen MR) is 116 cm³/mol. The summed E-state index contributed by atoms with van der Waals surface area (Å²) in [4.78, 5) is 12.2. The first-order chi connectivity index (χ1) is 14.3. The van der Waals surface area contributed by atoms with E-state index >= 15 is 0 Å². The number of carbonyl (C=O) groups excluding carboxylic acids is 1. The van der Waals surface area contributed by atoms with Crippen LogP contribution in [0.1, 0.15) is 10.4 Å². The highest BCUT2D eigenvalue weighted by molar-refractivity contribution is 7.92. The molecule has 0 aliphatic heterocycles. The molecular weight excluding hydrogens is 428 g/mol. The van der Waals surface area contributed by atoms with Crippen molar-refractivity contribution in [3.63, 3.8) is 0 Å². The summed E-state index contributed by atoms with van der Waals surface area (Å²) in [5.74, 6) is 0.210. The number of benzene rings is 3. The molecule has 0 saturated carbocycles. The van der Waals surface area contributed by atoms with Gasteiger partial charge in [-0.25, -0.2) is 8.42 Å². The van der Waals surface area contributed by atoms with E-state index in [4.69, 9.17) is 21.1 Å². The third kappa shape index (κ3) is 4.84. The van der Waals surface area contributed by atoms with Crippen LogP contribution in [0.25, 0.3) is 0 Å². The molecule has 3 aromatic rings. The maximum Gasteiger partial charge on any atom is 0.265 e. The summed E-state index contributed by atoms with van der Waals surface area (Å²) in [6.07, 6.45) is 0. The van der Waals surface area contributed by atoms with Gasteiger partial charge in [-0.2, -0.15) is 0 Å². The fourth-order valence-corrected chi connectivity index (χ4v) is 4.13. The van der Waals surface area contributed by atoms with Crippen LogP contribution in [0, 0.1) is 0 Å². The van der Waals surface area contributed by atoms with Crippen molar-refractivity contribution >= 4 is 38.9 Å². The summed E-state index contributed by atoms with van der Waals surface area (Å²) in [6.45, 7) is 0. The molecular formula is C21H19ClN2O5S. The second-order valence-electron chi connectivity index (χ2n) is 6.14. The van der Waals surface area contributed by atoms with Crippen molar-refractivity contribution < 1.29 is 22.7 Å². The van der Waals surface area contributed by atoms with Gasteiger partial charge < -0.3 is 14.8 Å². The third-order valence-corrected chi connectivity index (χ3v) is 5.88. The lowest BCUT2D eigenvalue weighted by Crippen LogP contribution is -2.15. The van der Waals surface area contributed by atoms with Crippen LogP contribution in [0.15, 0.2) is 71.6 Å². The molecule has 2 N–H and O–H groups in total. The fraction of sp³-hybridized carbons (Fsp3) is 0.0952. The molecule has 3 rings (SSSR count). The van der Waals surface area contributed by atoms with Crippen LogP contribution in [0.2, 0.25) is 5.02 Å². The van der Waals surface area contributed by atoms with Crippen molar-refractivity contribution in [1.29, 1.82) is 0 Å². The lowest BCUT2D eigenvalue weighted by atomic mass is 10.2. The lowest BCUT2D eigenvalue weighted by Gasteiger charge is -2.14. The van der Waals surface area contributed by atoms with Crippen molar-refractivity contribution in [3.05, 3.63) is 77.3 Å². The highest BCUT2D eigenvalue weighted by Crippen LogP contribution is 2.31. The Kier molecular flexibility index (Phi) is 6.49. The zero-order valence-corrected chi connectivity index (χ0v) is 17.8. The number of rotatable bonds is 7. The second kappa shape index (κ2) is 9.06. The minimum absolute atomic E-state index is 0.0815. The van der Waals surface area contributed by atoms with Gasteiger partial charge in [-0.05, 0) is 42.5 Å². The molecule has 3 aromatic carbocycles. The Morgan fingerprint density at radius 1 is 0.933 bits per heavy atom. The largest absolute Gasteiger partial charge is 0.497 e. The highest BCUT2D eigenvalue weighted by atomic mass is 35.5. The zero-order valence-electron chi connectivity index (χ0n) is 16.2. The van der Waals surface area contributed by atoms with Gasteiger partial charge in [0.2, 0.25) is 0 Å². The summed E-state index contributed by atoms with van der Waals surface area (Å²) in [5.41, 5.74) is 1.05. The van der Waals surface area contributed by atoms with E-state index in [1.165, 1.54) is 44.6 Å². The molecule has 9 heteroatoms. The highest BCUT2D eigenvalue weighted by Gasteiger charge is 2.21. The van der Waals surface area contributed by atoms with Crippen molar-refractivity contribution in [3.8, 4) is 11.5 Å². The molecule has 0 radical (unpaired) electrons. The summed E-state index contributed by atoms with van der Waals surface area (Å²) >= 11 is 6.25. The van der Waals surface area contributed by atoms with E-state index < -0.39 is 10.0 Å². The maximum atomic E-state index is 12.8. The normalized spacial score (nSPS) is 10.9. The molecule has 1 amide bonds. The van der Waals surface area contributed by atoms with Crippen molar-refractivity contribution in [1.82, 2.24) is 0 Å². The van der Waals surface area contributed by atoms with Gasteiger partial charge in [-0.15, -0.1) is 0 Å². The molecule has 30 heavy (non-hydrogen) atoms. The van der Waals surface area contributed by atoms with E-state index in [1.807, 2.05) is 6.07 Å². The van der Waals surface area contributed by atoms with Crippen LogP contribution in [0.4, 0.5) is 11.4 Å². The van der Waals surface area contributed by atoms with Crippen LogP contribution < -0.4 is 19.5 Å². The van der Waals surface area contributed by atoms with Gasteiger partial charge in [0.1, 0.15) is 16.4 Å². The number of amides is 1. The fourth-order valence-electron chi connectivity index (χ4n) is 2.67. The molecule has 0 unspecified atom stereocenters. The van der Waals surface area contributed by atoms with Crippen LogP contribution >= 0.6 is 11.6 Å². The van der Waals surface area contributed by atoms with Gasteiger partial charge >= 0.3 is 0 Å². The lowest BCUT2D eigenvalue weighted by molar-refractivity contribution is 0.102. The number of halogens is 1. The molecule has 7 nitrogen and oxygen atoms in total. The number of nitrogens with one attached hydrogen (secondary N) is 2. The van der Waals surface area contributed by atoms with E-state index in [-0.39, 0.29) is 27.3 Å². The van der Waals surface area contributed by atoms with Crippen molar-refractivity contribution in [2.24, 2.45) is 0 Å². The van der Waals surface area contributed by atoms with E-state index in [1.54, 1.807) is 30.3 Å². The summed E-state index contributed by atoms with van der Waals surface area (Å²) in [5, 5.41) is 2.87. The topological polar surface area (TPSA) is 93.7 Å². The van der Waals surface area contributed by atoms with E-state index in [9.17, 15) is 13.2 Å². The molecule has 0 aliphatic carbocycles. The van der Waals surface area contributed by atoms with E-state index in [0.29, 0.717) is 17.0 Å². The first-order valence-electron chi connectivity index (χ1n) is 8.75. The molecule has 0 bridgehead atoms. The number of methoxy groups -OCH3 is 2. The molecule has 0 aliphatic rings. The molecule has 0 atom stereocenters. The second-order valence-corrected chi connectivity index (χ2v) is 8.20. The molecule has 0 spiro atoms. The standard InChI is InChI=1S/C21H19ClN2O5S/c1-28-16-9-11-19(29-2)20(13-16)30(26,27)24-15-8-10-18(17(22)12-15)23-21(25)14-6-4-3-5-7-14/h3-13,24H,1-2H3,(H,23,25). The molecule has 0 saturated heterocycles. The smallest absolute Gasteiger partial charge is 0.265 e. The average Bonchev–Trinajstić information content (AvgIpc) is 2.75. The van der Waals surface area contributed by atoms with Gasteiger partial charge in [-0.1, -0.05) is 29.8 Å². The minimum Gasteiger partial charge on any atom is -0.497 e. The minimum atomic E-state index is -3.99. The Balaban J connectivity index is 1.82. The van der Waals surface area contributed by atoms with E-state index in [2.05, 4.69) is 10.0 Å². The number of hydrogen-bond donors (Lipinski definition) is 2. The SMILES string of the molecule is COc1ccc(OC)c(S(=O)(=O)Nc2ccc(NC(=O)c3ccccc3)c(Cl)c2)c1. The van der Waals surface area contributed by atoms with Gasteiger partial charge in [0.15, 0.2) is 0 Å². The van der Waals surface area contributed by atoms with Crippen LogP contribution in [0.5, 0.6) is 11.5 Å². The first-order valence-corrected chi connectivity index (χ1v) is 10.6. The molecule has 0 aromatic heterocycles. The average molecular weight is 447 g/mol. The number of ether oxygens (including phenoxy) is 2. The molecule has 0 heterocycles. The zero-order chi connectivity index (χ0) is 21.7. The van der Waals surface area contributed by atoms with Crippen LogP contribution in [-0.4, -0.2) is 28.5 Å². The van der Waals surface area contributed by atoms with Gasteiger partial charge in [0.25, 0.3) is 15.9 Å². The number of hydrogen-bond acceptors (Lipinski definition) is 5. The number of sulfonamides is 1. The van der Waals surface area contributed by atoms with Crippen molar-refractivity contribution in [2.75, 3.05) is 24.3 Å². The Morgan fingerprint density at radius 3 is 2.30 bits per heavy atom. The summed E-state index contributed by atoms with van der Waals surface area (Å²) < 4.78 is 38.4.